The van der Waals surface area contributed by atoms with Crippen LogP contribution in [0.4, 0.5) is 0 Å². The zero-order valence-electron chi connectivity index (χ0n) is 11.9. The number of hydrogen-bond acceptors (Lipinski definition) is 1. The third-order valence-electron chi connectivity index (χ3n) is 3.73. The summed E-state index contributed by atoms with van der Waals surface area (Å²) in [5.74, 6) is 0.947. The zero-order valence-corrected chi connectivity index (χ0v) is 13.5. The van der Waals surface area contributed by atoms with Gasteiger partial charge in [-0.3, -0.25) is 0 Å². The van der Waals surface area contributed by atoms with E-state index < -0.39 is 0 Å². The number of halogens is 1. The van der Waals surface area contributed by atoms with E-state index in [0.717, 1.165) is 12.2 Å². The molecular formula is C19H17BrO. The molecule has 1 atom stereocenters. The van der Waals surface area contributed by atoms with Crippen LogP contribution in [0.1, 0.15) is 16.0 Å². The molecule has 0 fully saturated rings. The van der Waals surface area contributed by atoms with E-state index in [4.69, 9.17) is 4.74 Å². The highest BCUT2D eigenvalue weighted by Crippen LogP contribution is 2.32. The molecule has 0 spiro atoms. The van der Waals surface area contributed by atoms with Crippen molar-refractivity contribution >= 4 is 26.7 Å². The Labute approximate surface area is 133 Å². The first-order valence-electron chi connectivity index (χ1n) is 7.02. The third-order valence-corrected chi connectivity index (χ3v) is 4.58. The molecule has 0 amide bonds. The molecule has 0 aliphatic heterocycles. The maximum atomic E-state index is 5.43. The van der Waals surface area contributed by atoms with Crippen LogP contribution in [0.3, 0.4) is 0 Å². The van der Waals surface area contributed by atoms with Crippen molar-refractivity contribution in [1.82, 2.24) is 0 Å². The Bertz CT molecular complexity index is 751. The van der Waals surface area contributed by atoms with E-state index >= 15 is 0 Å². The van der Waals surface area contributed by atoms with Gasteiger partial charge in [-0.15, -0.1) is 0 Å². The van der Waals surface area contributed by atoms with Gasteiger partial charge in [0.2, 0.25) is 0 Å². The first-order chi connectivity index (χ1) is 10.3. The van der Waals surface area contributed by atoms with E-state index in [9.17, 15) is 0 Å². The summed E-state index contributed by atoms with van der Waals surface area (Å²) in [4.78, 5) is 0.276. The summed E-state index contributed by atoms with van der Waals surface area (Å²) in [6, 6.07) is 23.3. The smallest absolute Gasteiger partial charge is 0.122 e. The number of para-hydroxylation sites is 1. The second-order valence-electron chi connectivity index (χ2n) is 5.09. The van der Waals surface area contributed by atoms with Crippen molar-refractivity contribution in [1.29, 1.82) is 0 Å². The van der Waals surface area contributed by atoms with Crippen LogP contribution in [0, 0.1) is 0 Å². The van der Waals surface area contributed by atoms with Gasteiger partial charge in [-0.25, -0.2) is 0 Å². The summed E-state index contributed by atoms with van der Waals surface area (Å²) < 4.78 is 5.43. The van der Waals surface area contributed by atoms with E-state index in [1.807, 2.05) is 12.1 Å². The number of fused-ring (bicyclic) bond motifs is 1. The third kappa shape index (κ3) is 3.11. The highest BCUT2D eigenvalue weighted by Gasteiger charge is 2.12. The number of benzene rings is 3. The van der Waals surface area contributed by atoms with Gasteiger partial charge in [0.05, 0.1) is 7.11 Å². The van der Waals surface area contributed by atoms with Gasteiger partial charge in [-0.1, -0.05) is 76.6 Å². The molecule has 0 heterocycles. The maximum Gasteiger partial charge on any atom is 0.122 e. The topological polar surface area (TPSA) is 9.23 Å². The molecule has 106 valence electrons. The second kappa shape index (κ2) is 6.31. The predicted molar refractivity (Wildman–Crippen MR) is 92.3 cm³/mol. The molecule has 2 heteroatoms. The molecule has 0 radical (unpaired) electrons. The Kier molecular flexibility index (Phi) is 4.26. The van der Waals surface area contributed by atoms with Gasteiger partial charge >= 0.3 is 0 Å². The molecule has 0 saturated heterocycles. The van der Waals surface area contributed by atoms with Crippen molar-refractivity contribution < 1.29 is 4.74 Å². The lowest BCUT2D eigenvalue weighted by molar-refractivity contribution is 0.409. The van der Waals surface area contributed by atoms with Crippen molar-refractivity contribution in [2.24, 2.45) is 0 Å². The summed E-state index contributed by atoms with van der Waals surface area (Å²) in [6.07, 6.45) is 0.905. The molecule has 1 nitrogen and oxygen atoms in total. The molecule has 0 aliphatic rings. The average molecular weight is 341 g/mol. The Morgan fingerprint density at radius 3 is 2.43 bits per heavy atom. The Balaban J connectivity index is 1.88. The van der Waals surface area contributed by atoms with Gasteiger partial charge < -0.3 is 4.74 Å². The van der Waals surface area contributed by atoms with E-state index in [1.165, 1.54) is 21.9 Å². The van der Waals surface area contributed by atoms with Gasteiger partial charge in [0, 0.05) is 4.83 Å². The fraction of sp³-hybridized carbons (Fsp3) is 0.158. The number of rotatable bonds is 4. The van der Waals surface area contributed by atoms with Crippen molar-refractivity contribution in [2.45, 2.75) is 11.2 Å². The number of hydrogen-bond donors (Lipinski definition) is 0. The largest absolute Gasteiger partial charge is 0.496 e. The van der Waals surface area contributed by atoms with Gasteiger partial charge in [0.15, 0.2) is 0 Å². The summed E-state index contributed by atoms with van der Waals surface area (Å²) in [5.41, 5.74) is 2.51. The molecule has 0 bridgehead atoms. The van der Waals surface area contributed by atoms with Crippen LogP contribution in [-0.4, -0.2) is 7.11 Å². The predicted octanol–water partition coefficient (Wildman–Crippen LogP) is 5.53. The maximum absolute atomic E-state index is 5.43. The zero-order chi connectivity index (χ0) is 14.7. The highest BCUT2D eigenvalue weighted by atomic mass is 79.9. The molecule has 3 aromatic rings. The minimum Gasteiger partial charge on any atom is -0.496 e. The average Bonchev–Trinajstić information content (AvgIpc) is 2.55. The highest BCUT2D eigenvalue weighted by molar-refractivity contribution is 9.09. The van der Waals surface area contributed by atoms with Crippen LogP contribution >= 0.6 is 15.9 Å². The van der Waals surface area contributed by atoms with Gasteiger partial charge in [-0.05, 0) is 34.4 Å². The Morgan fingerprint density at radius 2 is 1.62 bits per heavy atom. The lowest BCUT2D eigenvalue weighted by Gasteiger charge is -2.14. The van der Waals surface area contributed by atoms with E-state index in [0.29, 0.717) is 0 Å². The number of methoxy groups -OCH3 is 1. The van der Waals surface area contributed by atoms with Crippen LogP contribution in [0.15, 0.2) is 66.7 Å². The Hall–Kier alpha value is -1.80. The summed E-state index contributed by atoms with van der Waals surface area (Å²) >= 11 is 3.82. The summed E-state index contributed by atoms with van der Waals surface area (Å²) in [5, 5.41) is 2.55. The molecule has 3 aromatic carbocycles. The summed E-state index contributed by atoms with van der Waals surface area (Å²) in [6.45, 7) is 0. The van der Waals surface area contributed by atoms with Gasteiger partial charge in [0.1, 0.15) is 5.75 Å². The quantitative estimate of drug-likeness (QED) is 0.567. The first-order valence-corrected chi connectivity index (χ1v) is 7.94. The van der Waals surface area contributed by atoms with E-state index in [1.54, 1.807) is 7.11 Å². The minimum absolute atomic E-state index is 0.276. The van der Waals surface area contributed by atoms with Crippen LogP contribution in [-0.2, 0) is 6.42 Å². The van der Waals surface area contributed by atoms with E-state index in [-0.39, 0.29) is 4.83 Å². The standard InChI is InChI=1S/C19H17BrO/c1-21-19-9-5-4-8-17(19)13-18(20)16-11-10-14-6-2-3-7-15(14)12-16/h2-12,18H,13H2,1H3. The van der Waals surface area contributed by atoms with Crippen LogP contribution < -0.4 is 4.74 Å². The van der Waals surface area contributed by atoms with Gasteiger partial charge in [-0.2, -0.15) is 0 Å². The van der Waals surface area contributed by atoms with Crippen LogP contribution in [0.2, 0.25) is 0 Å². The monoisotopic (exact) mass is 340 g/mol. The fourth-order valence-electron chi connectivity index (χ4n) is 2.59. The SMILES string of the molecule is COc1ccccc1CC(Br)c1ccc2ccccc2c1. The lowest BCUT2D eigenvalue weighted by Crippen LogP contribution is -1.98. The molecule has 3 rings (SSSR count). The van der Waals surface area contributed by atoms with Crippen LogP contribution in [0.5, 0.6) is 5.75 Å². The van der Waals surface area contributed by atoms with Crippen molar-refractivity contribution in [3.8, 4) is 5.75 Å². The van der Waals surface area contributed by atoms with Gasteiger partial charge in [0.25, 0.3) is 0 Å². The minimum atomic E-state index is 0.276. The van der Waals surface area contributed by atoms with Crippen molar-refractivity contribution in [3.63, 3.8) is 0 Å². The van der Waals surface area contributed by atoms with Crippen LogP contribution in [0.25, 0.3) is 10.8 Å². The molecule has 0 aliphatic carbocycles. The number of alkyl halides is 1. The first kappa shape index (κ1) is 14.2. The number of ether oxygens (including phenoxy) is 1. The normalized spacial score (nSPS) is 12.3. The molecule has 0 aromatic heterocycles. The Morgan fingerprint density at radius 1 is 0.905 bits per heavy atom. The second-order valence-corrected chi connectivity index (χ2v) is 6.20. The lowest BCUT2D eigenvalue weighted by atomic mass is 10.0. The molecule has 21 heavy (non-hydrogen) atoms. The fourth-order valence-corrected chi connectivity index (χ4v) is 3.22. The molecule has 0 N–H and O–H groups in total. The molecule has 1 unspecified atom stereocenters. The van der Waals surface area contributed by atoms with E-state index in [2.05, 4.69) is 70.5 Å². The van der Waals surface area contributed by atoms with Crippen molar-refractivity contribution in [2.75, 3.05) is 7.11 Å². The molecular weight excluding hydrogens is 324 g/mol. The summed E-state index contributed by atoms with van der Waals surface area (Å²) in [7, 11) is 1.72. The molecule has 0 saturated carbocycles. The van der Waals surface area contributed by atoms with Crippen molar-refractivity contribution in [3.05, 3.63) is 77.9 Å².